The summed E-state index contributed by atoms with van der Waals surface area (Å²) in [6.07, 6.45) is 5.22. The average Bonchev–Trinajstić information content (AvgIpc) is 3.52. The second-order valence-corrected chi connectivity index (χ2v) is 11.8. The lowest BCUT2D eigenvalue weighted by Crippen LogP contribution is -2.43. The minimum atomic E-state index is -3.72. The molecular weight excluding hydrogens is 438 g/mol. The molecule has 2 fully saturated rings. The summed E-state index contributed by atoms with van der Waals surface area (Å²) >= 11 is 0. The molecule has 0 radical (unpaired) electrons. The van der Waals surface area contributed by atoms with Crippen molar-refractivity contribution in [2.75, 3.05) is 25.1 Å². The number of nitrogens with one attached hydrogen (secondary N) is 1. The zero-order valence-electron chi connectivity index (χ0n) is 20.2. The third-order valence-electron chi connectivity index (χ3n) is 6.28. The van der Waals surface area contributed by atoms with Crippen LogP contribution in [0.25, 0.3) is 0 Å². The van der Waals surface area contributed by atoms with Crippen molar-refractivity contribution in [2.45, 2.75) is 75.5 Å². The van der Waals surface area contributed by atoms with Gasteiger partial charge in [-0.05, 0) is 82.7 Å². The Labute approximate surface area is 197 Å². The maximum atomic E-state index is 13.3. The maximum absolute atomic E-state index is 13.3. The van der Waals surface area contributed by atoms with Gasteiger partial charge in [0.15, 0.2) is 0 Å². The lowest BCUT2D eigenvalue weighted by molar-refractivity contribution is -0.0636. The number of benzene rings is 1. The number of hydrogen-bond acceptors (Lipinski definition) is 6. The fourth-order valence-corrected chi connectivity index (χ4v) is 6.14. The van der Waals surface area contributed by atoms with Crippen LogP contribution in [0.1, 0.15) is 57.6 Å². The Balaban J connectivity index is 1.50. The van der Waals surface area contributed by atoms with Crippen molar-refractivity contribution in [1.82, 2.24) is 9.71 Å². The Morgan fingerprint density at radius 1 is 1.18 bits per heavy atom. The Hall–Kier alpha value is -2.16. The smallest absolute Gasteiger partial charge is 0.243 e. The van der Waals surface area contributed by atoms with Crippen LogP contribution in [0.2, 0.25) is 0 Å². The Morgan fingerprint density at radius 2 is 1.88 bits per heavy atom. The van der Waals surface area contributed by atoms with Crippen LogP contribution in [0.3, 0.4) is 0 Å². The zero-order chi connectivity index (χ0) is 23.9. The van der Waals surface area contributed by atoms with Crippen molar-refractivity contribution in [3.63, 3.8) is 0 Å². The Kier molecular flexibility index (Phi) is 6.46. The third kappa shape index (κ3) is 5.50. The number of hydrogen-bond donors (Lipinski definition) is 1. The monoisotopic (exact) mass is 473 g/mol. The highest BCUT2D eigenvalue weighted by Crippen LogP contribution is 2.47. The average molecular weight is 474 g/mol. The van der Waals surface area contributed by atoms with Crippen LogP contribution in [0.4, 0.5) is 5.82 Å². The van der Waals surface area contributed by atoms with Crippen LogP contribution in [-0.2, 0) is 20.3 Å². The molecular formula is C25H35N3O4S. The van der Waals surface area contributed by atoms with Crippen molar-refractivity contribution in [2.24, 2.45) is 0 Å². The quantitative estimate of drug-likeness (QED) is 0.651. The van der Waals surface area contributed by atoms with Gasteiger partial charge in [0, 0.05) is 19.3 Å². The number of pyridine rings is 1. The molecule has 1 N–H and O–H groups in total. The molecule has 1 aromatic carbocycles. The predicted octanol–water partition coefficient (Wildman–Crippen LogP) is 4.15. The largest absolute Gasteiger partial charge is 0.497 e. The van der Waals surface area contributed by atoms with Crippen molar-refractivity contribution >= 4 is 15.8 Å². The molecule has 4 rings (SSSR count). The fraction of sp³-hybridized carbons (Fsp3) is 0.560. The molecule has 0 bridgehead atoms. The van der Waals surface area contributed by atoms with Gasteiger partial charge in [-0.3, -0.25) is 0 Å². The lowest BCUT2D eigenvalue weighted by Gasteiger charge is -2.37. The fourth-order valence-electron chi connectivity index (χ4n) is 4.52. The molecule has 0 amide bonds. The molecule has 0 spiro atoms. The normalized spacial score (nSPS) is 20.5. The first-order valence-electron chi connectivity index (χ1n) is 11.6. The standard InChI is InChI=1S/C25H35N3O4S/c1-18-15-23(28-14-6-7-21(17-28)32-24(2,3)4)26-16-22(18)33(29,30)27-25(12-13-25)19-8-10-20(31-5)11-9-19/h8-11,15-16,21,27H,6-7,12-14,17H2,1-5H3/t21-/m1/s1. The molecule has 1 aliphatic carbocycles. The van der Waals surface area contributed by atoms with Gasteiger partial charge in [-0.15, -0.1) is 0 Å². The van der Waals surface area contributed by atoms with E-state index in [1.807, 2.05) is 37.3 Å². The van der Waals surface area contributed by atoms with E-state index in [2.05, 4.69) is 35.4 Å². The number of sulfonamides is 1. The summed E-state index contributed by atoms with van der Waals surface area (Å²) in [5.41, 5.74) is 0.897. The molecule has 1 saturated heterocycles. The predicted molar refractivity (Wildman–Crippen MR) is 129 cm³/mol. The minimum Gasteiger partial charge on any atom is -0.497 e. The van der Waals surface area contributed by atoms with E-state index in [1.54, 1.807) is 7.11 Å². The van der Waals surface area contributed by atoms with Crippen molar-refractivity contribution in [3.8, 4) is 5.75 Å². The van der Waals surface area contributed by atoms with E-state index in [0.717, 1.165) is 55.9 Å². The van der Waals surface area contributed by atoms with E-state index in [0.29, 0.717) is 5.56 Å². The van der Waals surface area contributed by atoms with Crippen LogP contribution < -0.4 is 14.4 Å². The van der Waals surface area contributed by atoms with Crippen LogP contribution in [0, 0.1) is 6.92 Å². The van der Waals surface area contributed by atoms with E-state index in [1.165, 1.54) is 6.20 Å². The van der Waals surface area contributed by atoms with Gasteiger partial charge in [-0.1, -0.05) is 12.1 Å². The maximum Gasteiger partial charge on any atom is 0.243 e. The van der Waals surface area contributed by atoms with Gasteiger partial charge in [-0.2, -0.15) is 0 Å². The first kappa shape index (κ1) is 24.0. The van der Waals surface area contributed by atoms with E-state index >= 15 is 0 Å². The van der Waals surface area contributed by atoms with E-state index in [-0.39, 0.29) is 16.6 Å². The van der Waals surface area contributed by atoms with Crippen LogP contribution in [-0.4, -0.2) is 45.3 Å². The summed E-state index contributed by atoms with van der Waals surface area (Å²) in [6, 6.07) is 9.45. The molecule has 7 nitrogen and oxygen atoms in total. The Morgan fingerprint density at radius 3 is 2.45 bits per heavy atom. The van der Waals surface area contributed by atoms with Gasteiger partial charge in [-0.25, -0.2) is 18.1 Å². The summed E-state index contributed by atoms with van der Waals surface area (Å²) in [6.45, 7) is 9.69. The molecule has 0 unspecified atom stereocenters. The van der Waals surface area contributed by atoms with Gasteiger partial charge in [0.2, 0.25) is 10.0 Å². The van der Waals surface area contributed by atoms with Gasteiger partial charge in [0.05, 0.1) is 24.4 Å². The summed E-state index contributed by atoms with van der Waals surface area (Å²) in [5, 5.41) is 0. The first-order chi connectivity index (χ1) is 15.5. The summed E-state index contributed by atoms with van der Waals surface area (Å²) in [4.78, 5) is 6.96. The number of rotatable bonds is 7. The molecule has 8 heteroatoms. The van der Waals surface area contributed by atoms with Gasteiger partial charge in [0.25, 0.3) is 0 Å². The molecule has 2 heterocycles. The summed E-state index contributed by atoms with van der Waals surface area (Å²) < 4.78 is 40.9. The zero-order valence-corrected chi connectivity index (χ0v) is 21.0. The molecule has 180 valence electrons. The highest BCUT2D eigenvalue weighted by molar-refractivity contribution is 7.89. The highest BCUT2D eigenvalue weighted by Gasteiger charge is 2.47. The van der Waals surface area contributed by atoms with Gasteiger partial charge < -0.3 is 14.4 Å². The lowest BCUT2D eigenvalue weighted by atomic mass is 10.1. The van der Waals surface area contributed by atoms with Gasteiger partial charge in [0.1, 0.15) is 16.5 Å². The van der Waals surface area contributed by atoms with Gasteiger partial charge >= 0.3 is 0 Å². The van der Waals surface area contributed by atoms with Crippen LogP contribution in [0.5, 0.6) is 5.75 Å². The number of aryl methyl sites for hydroxylation is 1. The number of piperidine rings is 1. The van der Waals surface area contributed by atoms with Crippen molar-refractivity contribution < 1.29 is 17.9 Å². The van der Waals surface area contributed by atoms with Crippen LogP contribution >= 0.6 is 0 Å². The highest BCUT2D eigenvalue weighted by atomic mass is 32.2. The topological polar surface area (TPSA) is 80.8 Å². The molecule has 1 aliphatic heterocycles. The van der Waals surface area contributed by atoms with E-state index in [4.69, 9.17) is 9.47 Å². The molecule has 2 aliphatic rings. The molecule has 1 aromatic heterocycles. The second kappa shape index (κ2) is 8.89. The number of ether oxygens (including phenoxy) is 2. The minimum absolute atomic E-state index is 0.144. The third-order valence-corrected chi connectivity index (χ3v) is 7.95. The van der Waals surface area contributed by atoms with Crippen molar-refractivity contribution in [1.29, 1.82) is 0 Å². The SMILES string of the molecule is COc1ccc(C2(NS(=O)(=O)c3cnc(N4CCC[C@@H](OC(C)(C)C)C4)cc3C)CC2)cc1. The van der Waals surface area contributed by atoms with E-state index in [9.17, 15) is 8.42 Å². The Bertz CT molecular complexity index is 1090. The molecule has 1 saturated carbocycles. The molecule has 33 heavy (non-hydrogen) atoms. The van der Waals surface area contributed by atoms with E-state index < -0.39 is 15.6 Å². The number of methoxy groups -OCH3 is 1. The summed E-state index contributed by atoms with van der Waals surface area (Å²) in [5.74, 6) is 1.55. The molecule has 2 aromatic rings. The van der Waals surface area contributed by atoms with Crippen molar-refractivity contribution in [3.05, 3.63) is 47.7 Å². The van der Waals surface area contributed by atoms with Crippen LogP contribution in [0.15, 0.2) is 41.4 Å². The number of nitrogens with zero attached hydrogens (tertiary/aromatic N) is 2. The number of anilines is 1. The number of aromatic nitrogens is 1. The first-order valence-corrected chi connectivity index (χ1v) is 13.1. The summed E-state index contributed by atoms with van der Waals surface area (Å²) in [7, 11) is -2.10. The second-order valence-electron chi connectivity index (χ2n) is 10.2. The molecule has 1 atom stereocenters.